The number of carbonyl (C=O) groups is 1. The summed E-state index contributed by atoms with van der Waals surface area (Å²) in [4.78, 5) is 26.5. The first-order valence-electron chi connectivity index (χ1n) is 10.5. The number of aromatic amines is 1. The number of nitrogens with zero attached hydrogens (tertiary/aromatic N) is 3. The van der Waals surface area contributed by atoms with Crippen molar-refractivity contribution >= 4 is 5.91 Å². The summed E-state index contributed by atoms with van der Waals surface area (Å²) in [7, 11) is 1.58. The van der Waals surface area contributed by atoms with E-state index >= 15 is 0 Å². The first-order valence-corrected chi connectivity index (χ1v) is 10.5. The number of rotatable bonds is 7. The van der Waals surface area contributed by atoms with Crippen molar-refractivity contribution in [1.29, 1.82) is 0 Å². The number of benzene rings is 2. The molecule has 2 aromatic carbocycles. The molecule has 3 aromatic rings. The highest BCUT2D eigenvalue weighted by molar-refractivity contribution is 5.77. The summed E-state index contributed by atoms with van der Waals surface area (Å²) in [5.74, 6) is 1.42. The van der Waals surface area contributed by atoms with Crippen molar-refractivity contribution in [2.75, 3.05) is 26.8 Å². The van der Waals surface area contributed by atoms with Crippen LogP contribution in [-0.4, -0.2) is 52.4 Å². The number of hydrogen-bond donors (Lipinski definition) is 1. The molecule has 0 radical (unpaired) electrons. The third-order valence-electron chi connectivity index (χ3n) is 5.68. The first kappa shape index (κ1) is 21.6. The van der Waals surface area contributed by atoms with Crippen LogP contribution in [0.25, 0.3) is 5.69 Å². The van der Waals surface area contributed by atoms with E-state index in [-0.39, 0.29) is 24.1 Å². The van der Waals surface area contributed by atoms with Crippen LogP contribution in [0.15, 0.2) is 53.3 Å². The summed E-state index contributed by atoms with van der Waals surface area (Å²) < 4.78 is 26.3. The molecule has 1 aromatic heterocycles. The van der Waals surface area contributed by atoms with Gasteiger partial charge in [-0.25, -0.2) is 18.9 Å². The van der Waals surface area contributed by atoms with Crippen molar-refractivity contribution in [3.05, 3.63) is 70.7 Å². The van der Waals surface area contributed by atoms with Crippen molar-refractivity contribution < 1.29 is 18.7 Å². The number of likely N-dealkylation sites (tertiary alicyclic amines) is 1. The van der Waals surface area contributed by atoms with Crippen LogP contribution >= 0.6 is 0 Å². The van der Waals surface area contributed by atoms with E-state index in [1.54, 1.807) is 48.4 Å². The van der Waals surface area contributed by atoms with Crippen LogP contribution in [0.4, 0.5) is 4.39 Å². The molecule has 0 aliphatic carbocycles. The van der Waals surface area contributed by atoms with Gasteiger partial charge < -0.3 is 14.4 Å². The van der Waals surface area contributed by atoms with Gasteiger partial charge in [0.25, 0.3) is 5.91 Å². The quantitative estimate of drug-likeness (QED) is 0.610. The van der Waals surface area contributed by atoms with Gasteiger partial charge in [-0.2, -0.15) is 5.10 Å². The van der Waals surface area contributed by atoms with Crippen molar-refractivity contribution in [1.82, 2.24) is 19.7 Å². The van der Waals surface area contributed by atoms with E-state index in [1.165, 1.54) is 10.6 Å². The molecule has 9 heteroatoms. The molecule has 0 saturated carbocycles. The van der Waals surface area contributed by atoms with Gasteiger partial charge in [0, 0.05) is 25.6 Å². The van der Waals surface area contributed by atoms with Crippen molar-refractivity contribution in [3.8, 4) is 17.2 Å². The van der Waals surface area contributed by atoms with Crippen LogP contribution in [0.3, 0.4) is 0 Å². The predicted molar refractivity (Wildman–Crippen MR) is 116 cm³/mol. The Labute approximate surface area is 184 Å². The number of nitrogens with one attached hydrogen (secondary N) is 1. The fraction of sp³-hybridized carbons (Fsp3) is 0.348. The summed E-state index contributed by atoms with van der Waals surface area (Å²) in [6.07, 6.45) is 2.06. The molecule has 0 atom stereocenters. The molecule has 1 aliphatic heterocycles. The predicted octanol–water partition coefficient (Wildman–Crippen LogP) is 2.57. The molecule has 1 amide bonds. The Hall–Kier alpha value is -3.62. The number of methoxy groups -OCH3 is 1. The molecule has 1 N–H and O–H groups in total. The molecule has 8 nitrogen and oxygen atoms in total. The van der Waals surface area contributed by atoms with E-state index in [9.17, 15) is 14.0 Å². The monoisotopic (exact) mass is 440 g/mol. The lowest BCUT2D eigenvalue weighted by molar-refractivity contribution is -0.134. The second-order valence-corrected chi connectivity index (χ2v) is 7.73. The van der Waals surface area contributed by atoms with Crippen molar-refractivity contribution in [2.24, 2.45) is 5.92 Å². The van der Waals surface area contributed by atoms with Crippen molar-refractivity contribution in [3.63, 3.8) is 0 Å². The second-order valence-electron chi connectivity index (χ2n) is 7.73. The molecule has 0 unspecified atom stereocenters. The number of para-hydroxylation sites is 1. The topological polar surface area (TPSA) is 89.5 Å². The highest BCUT2D eigenvalue weighted by atomic mass is 19.1. The van der Waals surface area contributed by atoms with Crippen LogP contribution in [0, 0.1) is 11.7 Å². The molecular weight excluding hydrogens is 415 g/mol. The molecule has 1 fully saturated rings. The Morgan fingerprint density at radius 1 is 1.16 bits per heavy atom. The van der Waals surface area contributed by atoms with Gasteiger partial charge in [0.15, 0.2) is 6.61 Å². The Morgan fingerprint density at radius 2 is 1.91 bits per heavy atom. The maximum Gasteiger partial charge on any atom is 0.348 e. The average Bonchev–Trinajstić information content (AvgIpc) is 3.18. The van der Waals surface area contributed by atoms with Crippen LogP contribution in [-0.2, 0) is 11.2 Å². The van der Waals surface area contributed by atoms with Gasteiger partial charge in [-0.15, -0.1) is 0 Å². The van der Waals surface area contributed by atoms with Gasteiger partial charge in [0.1, 0.15) is 23.1 Å². The van der Waals surface area contributed by atoms with Crippen LogP contribution < -0.4 is 15.2 Å². The van der Waals surface area contributed by atoms with Gasteiger partial charge in [0.2, 0.25) is 0 Å². The van der Waals surface area contributed by atoms with E-state index < -0.39 is 11.5 Å². The molecule has 2 heterocycles. The zero-order valence-corrected chi connectivity index (χ0v) is 17.8. The summed E-state index contributed by atoms with van der Waals surface area (Å²) in [6.45, 7) is 1.16. The number of ether oxygens (including phenoxy) is 2. The Balaban J connectivity index is 1.32. The summed E-state index contributed by atoms with van der Waals surface area (Å²) in [5, 5.41) is 6.53. The van der Waals surface area contributed by atoms with Gasteiger partial charge in [-0.05, 0) is 43.0 Å². The molecule has 1 saturated heterocycles. The van der Waals surface area contributed by atoms with Gasteiger partial charge in [-0.1, -0.05) is 18.2 Å². The summed E-state index contributed by atoms with van der Waals surface area (Å²) in [5.41, 5.74) is -0.282. The van der Waals surface area contributed by atoms with Crippen molar-refractivity contribution in [2.45, 2.75) is 19.3 Å². The number of hydrogen-bond acceptors (Lipinski definition) is 5. The lowest BCUT2D eigenvalue weighted by atomic mass is 9.93. The maximum absolute atomic E-state index is 14.2. The van der Waals surface area contributed by atoms with Gasteiger partial charge >= 0.3 is 5.69 Å². The molecule has 4 rings (SSSR count). The Kier molecular flexibility index (Phi) is 6.53. The third kappa shape index (κ3) is 4.82. The first-order chi connectivity index (χ1) is 15.5. The Bertz CT molecular complexity index is 1130. The number of amides is 1. The third-order valence-corrected chi connectivity index (χ3v) is 5.68. The number of piperidine rings is 1. The lowest BCUT2D eigenvalue weighted by Gasteiger charge is -2.31. The lowest BCUT2D eigenvalue weighted by Crippen LogP contribution is -2.41. The largest absolute Gasteiger partial charge is 0.497 e. The van der Waals surface area contributed by atoms with Crippen LogP contribution in [0.5, 0.6) is 11.5 Å². The fourth-order valence-electron chi connectivity index (χ4n) is 3.92. The maximum atomic E-state index is 14.2. The molecule has 168 valence electrons. The summed E-state index contributed by atoms with van der Waals surface area (Å²) in [6, 6.07) is 13.3. The molecule has 32 heavy (non-hydrogen) atoms. The van der Waals surface area contributed by atoms with Crippen LogP contribution in [0.2, 0.25) is 0 Å². The summed E-state index contributed by atoms with van der Waals surface area (Å²) >= 11 is 0. The van der Waals surface area contributed by atoms with E-state index in [0.717, 1.165) is 12.8 Å². The number of H-pyrrole nitrogens is 1. The molecule has 1 aliphatic rings. The normalized spacial score (nSPS) is 14.4. The number of halogens is 1. The van der Waals surface area contributed by atoms with E-state index in [0.29, 0.717) is 36.8 Å². The van der Waals surface area contributed by atoms with E-state index in [1.807, 2.05) is 6.07 Å². The zero-order chi connectivity index (χ0) is 22.5. The smallest absolute Gasteiger partial charge is 0.348 e. The Morgan fingerprint density at radius 3 is 2.66 bits per heavy atom. The zero-order valence-electron chi connectivity index (χ0n) is 17.8. The molecule has 0 spiro atoms. The van der Waals surface area contributed by atoms with Gasteiger partial charge in [-0.3, -0.25) is 4.79 Å². The average molecular weight is 440 g/mol. The van der Waals surface area contributed by atoms with E-state index in [2.05, 4.69) is 10.2 Å². The SMILES string of the molecule is COc1cccc(OCC(=O)N2CCC(Cc3n[nH]c(=O)n3-c3ccccc3F)CC2)c1. The minimum Gasteiger partial charge on any atom is -0.497 e. The minimum absolute atomic E-state index is 0.0377. The molecular formula is C23H25FN4O4. The van der Waals surface area contributed by atoms with Crippen LogP contribution in [0.1, 0.15) is 18.7 Å². The number of carbonyl (C=O) groups excluding carboxylic acids is 1. The van der Waals surface area contributed by atoms with Gasteiger partial charge in [0.05, 0.1) is 12.8 Å². The standard InChI is InChI=1S/C23H25FN4O4/c1-31-17-5-4-6-18(14-17)32-15-22(29)27-11-9-16(10-12-27)13-21-25-26-23(30)28(21)20-8-3-2-7-19(20)24/h2-8,14,16H,9-13,15H2,1H3,(H,26,30). The second kappa shape index (κ2) is 9.67. The minimum atomic E-state index is -0.478. The highest BCUT2D eigenvalue weighted by Crippen LogP contribution is 2.23. The van der Waals surface area contributed by atoms with E-state index in [4.69, 9.17) is 9.47 Å². The fourth-order valence-corrected chi connectivity index (χ4v) is 3.92. The highest BCUT2D eigenvalue weighted by Gasteiger charge is 2.25. The number of aromatic nitrogens is 3. The molecule has 0 bridgehead atoms.